The third kappa shape index (κ3) is 1.38. The largest absolute Gasteiger partial charge is 0.303 e. The van der Waals surface area contributed by atoms with E-state index in [0.29, 0.717) is 5.71 Å². The van der Waals surface area contributed by atoms with Gasteiger partial charge >= 0.3 is 0 Å². The van der Waals surface area contributed by atoms with Gasteiger partial charge < -0.3 is 5.43 Å². The molecular weight excluding hydrogens is 164 g/mol. The van der Waals surface area contributed by atoms with E-state index in [-0.39, 0.29) is 11.5 Å². The van der Waals surface area contributed by atoms with Crippen LogP contribution in [0, 0.1) is 5.92 Å². The van der Waals surface area contributed by atoms with E-state index in [1.54, 1.807) is 0 Å². The molecule has 1 rings (SSSR count). The number of rotatable bonds is 1. The van der Waals surface area contributed by atoms with E-state index in [9.17, 15) is 4.79 Å². The average molecular weight is 175 g/mol. The van der Waals surface area contributed by atoms with E-state index in [1.807, 2.05) is 20.8 Å². The molecule has 0 aromatic rings. The first-order valence-corrected chi connectivity index (χ1v) is 3.87. The Balaban J connectivity index is 2.83. The first kappa shape index (κ1) is 8.53. The van der Waals surface area contributed by atoms with Crippen molar-refractivity contribution in [2.24, 2.45) is 11.0 Å². The monoisotopic (exact) mass is 174 g/mol. The summed E-state index contributed by atoms with van der Waals surface area (Å²) in [6.45, 7) is 5.89. The quantitative estimate of drug-likeness (QED) is 0.606. The zero-order chi connectivity index (χ0) is 8.65. The van der Waals surface area contributed by atoms with Gasteiger partial charge in [-0.3, -0.25) is 4.79 Å². The van der Waals surface area contributed by atoms with E-state index in [1.165, 1.54) is 0 Å². The van der Waals surface area contributed by atoms with E-state index < -0.39 is 5.24 Å². The average Bonchev–Trinajstić information content (AvgIpc) is 2.09. The smallest absolute Gasteiger partial charge is 0.268 e. The number of nitrogens with zero attached hydrogens (tertiary/aromatic N) is 1. The molecule has 1 unspecified atom stereocenters. The Labute approximate surface area is 70.8 Å². The Morgan fingerprint density at radius 2 is 2.27 bits per heavy atom. The summed E-state index contributed by atoms with van der Waals surface area (Å²) in [5, 5.41) is 3.39. The molecule has 1 aliphatic rings. The minimum absolute atomic E-state index is 0.0764. The SMILES string of the molecule is CC1C(C(=O)Cl)=NNC1(C)C. The van der Waals surface area contributed by atoms with Gasteiger partial charge in [0.1, 0.15) is 5.71 Å². The maximum absolute atomic E-state index is 10.7. The molecule has 0 fully saturated rings. The molecule has 0 saturated carbocycles. The zero-order valence-electron chi connectivity index (χ0n) is 6.81. The van der Waals surface area contributed by atoms with E-state index in [0.717, 1.165) is 0 Å². The molecule has 3 nitrogen and oxygen atoms in total. The fourth-order valence-electron chi connectivity index (χ4n) is 0.954. The van der Waals surface area contributed by atoms with Gasteiger partial charge in [-0.1, -0.05) is 6.92 Å². The molecular formula is C7H11ClN2O. The highest BCUT2D eigenvalue weighted by atomic mass is 35.5. The summed E-state index contributed by atoms with van der Waals surface area (Å²) in [6, 6.07) is 0. The summed E-state index contributed by atoms with van der Waals surface area (Å²) < 4.78 is 0. The third-order valence-electron chi connectivity index (χ3n) is 2.16. The van der Waals surface area contributed by atoms with Crippen LogP contribution in [0.4, 0.5) is 0 Å². The predicted octanol–water partition coefficient (Wildman–Crippen LogP) is 1.13. The van der Waals surface area contributed by atoms with Crippen molar-refractivity contribution < 1.29 is 4.79 Å². The molecule has 0 bridgehead atoms. The van der Waals surface area contributed by atoms with Crippen LogP contribution in [0.5, 0.6) is 0 Å². The van der Waals surface area contributed by atoms with Crippen LogP contribution in [-0.4, -0.2) is 16.5 Å². The van der Waals surface area contributed by atoms with Crippen LogP contribution in [-0.2, 0) is 4.79 Å². The summed E-state index contributed by atoms with van der Waals surface area (Å²) >= 11 is 5.30. The molecule has 0 aromatic carbocycles. The van der Waals surface area contributed by atoms with E-state index in [2.05, 4.69) is 10.5 Å². The van der Waals surface area contributed by atoms with Crippen molar-refractivity contribution in [1.82, 2.24) is 5.43 Å². The second-order valence-electron chi connectivity index (χ2n) is 3.33. The maximum atomic E-state index is 10.7. The lowest BCUT2D eigenvalue weighted by molar-refractivity contribution is -0.106. The summed E-state index contributed by atoms with van der Waals surface area (Å²) in [5.41, 5.74) is 3.13. The fraction of sp³-hybridized carbons (Fsp3) is 0.714. The van der Waals surface area contributed by atoms with Gasteiger partial charge in [0, 0.05) is 5.92 Å². The molecule has 11 heavy (non-hydrogen) atoms. The highest BCUT2D eigenvalue weighted by Gasteiger charge is 2.37. The summed E-state index contributed by atoms with van der Waals surface area (Å²) in [4.78, 5) is 10.7. The molecule has 0 amide bonds. The van der Waals surface area contributed by atoms with Crippen LogP contribution in [0.15, 0.2) is 5.10 Å². The van der Waals surface area contributed by atoms with Crippen molar-refractivity contribution in [3.05, 3.63) is 0 Å². The van der Waals surface area contributed by atoms with Gasteiger partial charge in [0.2, 0.25) is 0 Å². The Bertz CT molecular complexity index is 222. The van der Waals surface area contributed by atoms with Crippen molar-refractivity contribution in [2.75, 3.05) is 0 Å². The second-order valence-corrected chi connectivity index (χ2v) is 3.67. The molecule has 62 valence electrons. The van der Waals surface area contributed by atoms with Crippen molar-refractivity contribution in [2.45, 2.75) is 26.3 Å². The van der Waals surface area contributed by atoms with Crippen LogP contribution in [0.2, 0.25) is 0 Å². The third-order valence-corrected chi connectivity index (χ3v) is 2.35. The van der Waals surface area contributed by atoms with Gasteiger partial charge in [-0.2, -0.15) is 5.10 Å². The van der Waals surface area contributed by atoms with Gasteiger partial charge in [-0.25, -0.2) is 0 Å². The zero-order valence-corrected chi connectivity index (χ0v) is 7.57. The number of hydrogen-bond acceptors (Lipinski definition) is 3. The van der Waals surface area contributed by atoms with Crippen LogP contribution in [0.3, 0.4) is 0 Å². The molecule has 4 heteroatoms. The van der Waals surface area contributed by atoms with Gasteiger partial charge in [0.25, 0.3) is 5.24 Å². The topological polar surface area (TPSA) is 41.5 Å². The lowest BCUT2D eigenvalue weighted by atomic mass is 9.88. The lowest BCUT2D eigenvalue weighted by Gasteiger charge is -2.22. The summed E-state index contributed by atoms with van der Waals surface area (Å²) in [6.07, 6.45) is 0. The highest BCUT2D eigenvalue weighted by Crippen LogP contribution is 2.23. The Hall–Kier alpha value is -0.570. The van der Waals surface area contributed by atoms with Gasteiger partial charge in [0.15, 0.2) is 0 Å². The molecule has 0 radical (unpaired) electrons. The first-order valence-electron chi connectivity index (χ1n) is 3.50. The minimum atomic E-state index is -0.462. The molecule has 0 aromatic heterocycles. The maximum Gasteiger partial charge on any atom is 0.268 e. The fourth-order valence-corrected chi connectivity index (χ4v) is 1.16. The van der Waals surface area contributed by atoms with Crippen molar-refractivity contribution >= 4 is 22.6 Å². The van der Waals surface area contributed by atoms with Crippen molar-refractivity contribution in [1.29, 1.82) is 0 Å². The molecule has 1 heterocycles. The number of nitrogens with one attached hydrogen (secondary N) is 1. The number of carbonyl (C=O) groups is 1. The van der Waals surface area contributed by atoms with Crippen LogP contribution < -0.4 is 5.43 Å². The molecule has 1 aliphatic heterocycles. The molecule has 0 aliphatic carbocycles. The van der Waals surface area contributed by atoms with Crippen LogP contribution in [0.25, 0.3) is 0 Å². The normalized spacial score (nSPS) is 27.6. The minimum Gasteiger partial charge on any atom is -0.303 e. The van der Waals surface area contributed by atoms with Crippen molar-refractivity contribution in [3.8, 4) is 0 Å². The number of hydrogen-bond donors (Lipinski definition) is 1. The van der Waals surface area contributed by atoms with Gasteiger partial charge in [-0.15, -0.1) is 0 Å². The Morgan fingerprint density at radius 1 is 1.73 bits per heavy atom. The lowest BCUT2D eigenvalue weighted by Crippen LogP contribution is -2.39. The molecule has 1 N–H and O–H groups in total. The second kappa shape index (κ2) is 2.48. The van der Waals surface area contributed by atoms with E-state index >= 15 is 0 Å². The molecule has 0 saturated heterocycles. The van der Waals surface area contributed by atoms with E-state index in [4.69, 9.17) is 11.6 Å². The molecule has 1 atom stereocenters. The van der Waals surface area contributed by atoms with Crippen LogP contribution >= 0.6 is 11.6 Å². The van der Waals surface area contributed by atoms with Gasteiger partial charge in [0.05, 0.1) is 5.54 Å². The summed E-state index contributed by atoms with van der Waals surface area (Å²) in [5.74, 6) is 0.0764. The Kier molecular flexibility index (Phi) is 1.92. The number of carbonyl (C=O) groups excluding carboxylic acids is 1. The van der Waals surface area contributed by atoms with Gasteiger partial charge in [-0.05, 0) is 25.4 Å². The molecule has 0 spiro atoms. The Morgan fingerprint density at radius 3 is 2.45 bits per heavy atom. The highest BCUT2D eigenvalue weighted by molar-refractivity contribution is 6.82. The first-order chi connectivity index (χ1) is 4.95. The number of halogens is 1. The van der Waals surface area contributed by atoms with Crippen LogP contribution in [0.1, 0.15) is 20.8 Å². The number of hydrazone groups is 1. The standard InChI is InChI=1S/C7H11ClN2O/c1-4-5(6(8)11)9-10-7(4,2)3/h4,10H,1-3H3. The predicted molar refractivity (Wildman–Crippen MR) is 44.7 cm³/mol. The summed E-state index contributed by atoms with van der Waals surface area (Å²) in [7, 11) is 0. The van der Waals surface area contributed by atoms with Crippen molar-refractivity contribution in [3.63, 3.8) is 0 Å².